The van der Waals surface area contributed by atoms with Gasteiger partial charge in [-0.15, -0.1) is 0 Å². The van der Waals surface area contributed by atoms with E-state index >= 15 is 0 Å². The van der Waals surface area contributed by atoms with Gasteiger partial charge in [0, 0.05) is 6.61 Å². The Morgan fingerprint density at radius 2 is 2.55 bits per heavy atom. The number of hydrogen-bond donors (Lipinski definition) is 0. The van der Waals surface area contributed by atoms with Crippen molar-refractivity contribution in [3.8, 4) is 6.07 Å². The lowest BCUT2D eigenvalue weighted by molar-refractivity contribution is -0.136. The van der Waals surface area contributed by atoms with Gasteiger partial charge in [0.05, 0.1) is 12.5 Å². The zero-order valence-corrected chi connectivity index (χ0v) is 6.59. The third-order valence-electron chi connectivity index (χ3n) is 2.05. The highest BCUT2D eigenvalue weighted by molar-refractivity contribution is 5.88. The molecule has 1 aliphatic heterocycles. The molecule has 0 aromatic carbocycles. The van der Waals surface area contributed by atoms with E-state index < -0.39 is 5.60 Å². The fourth-order valence-electron chi connectivity index (χ4n) is 1.26. The molecule has 0 unspecified atom stereocenters. The summed E-state index contributed by atoms with van der Waals surface area (Å²) in [5.74, 6) is -0.0856. The van der Waals surface area contributed by atoms with Crippen LogP contribution in [0, 0.1) is 11.3 Å². The molecule has 1 fully saturated rings. The fraction of sp³-hybridized carbons (Fsp3) is 0.750. The van der Waals surface area contributed by atoms with Crippen molar-refractivity contribution < 1.29 is 9.53 Å². The van der Waals surface area contributed by atoms with E-state index in [1.54, 1.807) is 6.92 Å². The molecule has 3 heteroatoms. The van der Waals surface area contributed by atoms with Gasteiger partial charge in [0.25, 0.3) is 0 Å². The molecule has 1 aliphatic rings. The molecule has 1 rings (SSSR count). The van der Waals surface area contributed by atoms with Gasteiger partial charge >= 0.3 is 0 Å². The van der Waals surface area contributed by atoms with Gasteiger partial charge in [-0.05, 0) is 19.8 Å². The molecule has 1 atom stereocenters. The Kier molecular flexibility index (Phi) is 2.25. The number of ether oxygens (including phenoxy) is 1. The van der Waals surface area contributed by atoms with Crippen molar-refractivity contribution in [1.82, 2.24) is 0 Å². The summed E-state index contributed by atoms with van der Waals surface area (Å²) in [6.07, 6.45) is 1.65. The van der Waals surface area contributed by atoms with Crippen LogP contribution in [0.15, 0.2) is 0 Å². The van der Waals surface area contributed by atoms with Gasteiger partial charge in [0.2, 0.25) is 0 Å². The minimum atomic E-state index is -0.657. The quantitative estimate of drug-likeness (QED) is 0.595. The Labute approximate surface area is 66.0 Å². The van der Waals surface area contributed by atoms with Crippen molar-refractivity contribution in [2.45, 2.75) is 31.8 Å². The molecule has 1 saturated heterocycles. The second-order valence-electron chi connectivity index (χ2n) is 2.94. The maximum absolute atomic E-state index is 11.2. The lowest BCUT2D eigenvalue weighted by Crippen LogP contribution is -2.33. The molecule has 11 heavy (non-hydrogen) atoms. The molecule has 0 saturated carbocycles. The first-order chi connectivity index (χ1) is 5.19. The Morgan fingerprint density at radius 1 is 1.82 bits per heavy atom. The molecule has 0 aromatic heterocycles. The maximum Gasteiger partial charge on any atom is 0.178 e. The first kappa shape index (κ1) is 8.22. The second-order valence-corrected chi connectivity index (χ2v) is 2.94. The van der Waals surface area contributed by atoms with Crippen LogP contribution in [-0.4, -0.2) is 18.0 Å². The van der Waals surface area contributed by atoms with Crippen molar-refractivity contribution in [2.24, 2.45) is 0 Å². The number of rotatable bonds is 2. The molecule has 0 N–H and O–H groups in total. The number of nitriles is 1. The van der Waals surface area contributed by atoms with Crippen LogP contribution in [0.4, 0.5) is 0 Å². The molecule has 0 spiro atoms. The lowest BCUT2D eigenvalue weighted by atomic mass is 9.96. The third kappa shape index (κ3) is 1.58. The summed E-state index contributed by atoms with van der Waals surface area (Å²) in [6.45, 7) is 2.41. The normalized spacial score (nSPS) is 29.8. The molecule has 60 valence electrons. The molecular weight excluding hydrogens is 142 g/mol. The predicted molar refractivity (Wildman–Crippen MR) is 38.8 cm³/mol. The van der Waals surface area contributed by atoms with E-state index in [2.05, 4.69) is 0 Å². The van der Waals surface area contributed by atoms with E-state index in [4.69, 9.17) is 10.00 Å². The average molecular weight is 153 g/mol. The molecule has 0 radical (unpaired) electrons. The van der Waals surface area contributed by atoms with Gasteiger partial charge in [-0.3, -0.25) is 4.79 Å². The van der Waals surface area contributed by atoms with Crippen LogP contribution in [0.5, 0.6) is 0 Å². The molecule has 1 heterocycles. The van der Waals surface area contributed by atoms with Crippen LogP contribution < -0.4 is 0 Å². The number of ketones is 1. The van der Waals surface area contributed by atoms with Crippen LogP contribution in [0.1, 0.15) is 26.2 Å². The van der Waals surface area contributed by atoms with E-state index in [0.29, 0.717) is 6.61 Å². The van der Waals surface area contributed by atoms with E-state index in [1.165, 1.54) is 0 Å². The third-order valence-corrected chi connectivity index (χ3v) is 2.05. The van der Waals surface area contributed by atoms with E-state index in [9.17, 15) is 4.79 Å². The van der Waals surface area contributed by atoms with Crippen molar-refractivity contribution >= 4 is 5.78 Å². The van der Waals surface area contributed by atoms with Crippen LogP contribution >= 0.6 is 0 Å². The summed E-state index contributed by atoms with van der Waals surface area (Å²) in [5.41, 5.74) is -0.657. The lowest BCUT2D eigenvalue weighted by Gasteiger charge is -2.19. The molecule has 0 amide bonds. The van der Waals surface area contributed by atoms with E-state index in [1.807, 2.05) is 6.07 Å². The van der Waals surface area contributed by atoms with Crippen molar-refractivity contribution in [3.05, 3.63) is 0 Å². The molecule has 0 aromatic rings. The topological polar surface area (TPSA) is 50.1 Å². The number of Topliss-reactive ketones (excluding diaryl/α,β-unsaturated/α-hetero) is 1. The smallest absolute Gasteiger partial charge is 0.178 e. The van der Waals surface area contributed by atoms with Gasteiger partial charge < -0.3 is 4.74 Å². The number of hydrogen-bond acceptors (Lipinski definition) is 3. The summed E-state index contributed by atoms with van der Waals surface area (Å²) in [7, 11) is 0. The summed E-state index contributed by atoms with van der Waals surface area (Å²) in [4.78, 5) is 11.2. The fourth-order valence-corrected chi connectivity index (χ4v) is 1.26. The van der Waals surface area contributed by atoms with Gasteiger partial charge in [0.1, 0.15) is 5.60 Å². The van der Waals surface area contributed by atoms with Crippen LogP contribution in [0.3, 0.4) is 0 Å². The summed E-state index contributed by atoms with van der Waals surface area (Å²) in [5, 5.41) is 8.29. The summed E-state index contributed by atoms with van der Waals surface area (Å²) >= 11 is 0. The Bertz CT molecular complexity index is 199. The Hall–Kier alpha value is -0.880. The van der Waals surface area contributed by atoms with Crippen LogP contribution in [0.2, 0.25) is 0 Å². The van der Waals surface area contributed by atoms with Crippen molar-refractivity contribution in [3.63, 3.8) is 0 Å². The second kappa shape index (κ2) is 3.02. The van der Waals surface area contributed by atoms with Crippen molar-refractivity contribution in [2.75, 3.05) is 6.61 Å². The van der Waals surface area contributed by atoms with Gasteiger partial charge in [-0.2, -0.15) is 5.26 Å². The van der Waals surface area contributed by atoms with Crippen molar-refractivity contribution in [1.29, 1.82) is 5.26 Å². The van der Waals surface area contributed by atoms with E-state index in [-0.39, 0.29) is 12.2 Å². The minimum Gasteiger partial charge on any atom is -0.367 e. The molecular formula is C8H11NO2. The predicted octanol–water partition coefficient (Wildman–Crippen LogP) is 1.04. The Morgan fingerprint density at radius 3 is 3.00 bits per heavy atom. The maximum atomic E-state index is 11.2. The highest BCUT2D eigenvalue weighted by Crippen LogP contribution is 2.26. The first-order valence-corrected chi connectivity index (χ1v) is 3.73. The number of carbonyl (C=O) groups is 1. The first-order valence-electron chi connectivity index (χ1n) is 3.73. The minimum absolute atomic E-state index is 0.0312. The molecule has 0 aliphatic carbocycles. The monoisotopic (exact) mass is 153 g/mol. The zero-order chi connectivity index (χ0) is 8.32. The molecule has 3 nitrogen and oxygen atoms in total. The standard InChI is InChI=1S/C8H11NO2/c1-8(4-2-6-11-8)7(10)3-5-9/h2-4,6H2,1H3/t8-/m0/s1. The Balaban J connectivity index is 2.58. The largest absolute Gasteiger partial charge is 0.367 e. The zero-order valence-electron chi connectivity index (χ0n) is 6.59. The van der Waals surface area contributed by atoms with Crippen LogP contribution in [-0.2, 0) is 9.53 Å². The number of nitrogens with zero attached hydrogens (tertiary/aromatic N) is 1. The number of carbonyl (C=O) groups excluding carboxylic acids is 1. The van der Waals surface area contributed by atoms with E-state index in [0.717, 1.165) is 12.8 Å². The highest BCUT2D eigenvalue weighted by Gasteiger charge is 2.36. The van der Waals surface area contributed by atoms with Crippen LogP contribution in [0.25, 0.3) is 0 Å². The highest BCUT2D eigenvalue weighted by atomic mass is 16.5. The summed E-state index contributed by atoms with van der Waals surface area (Å²) in [6, 6.07) is 1.84. The SMILES string of the molecule is C[C@@]1(C(=O)CC#N)CCCO1. The summed E-state index contributed by atoms with van der Waals surface area (Å²) < 4.78 is 5.25. The van der Waals surface area contributed by atoms with Gasteiger partial charge in [0.15, 0.2) is 5.78 Å². The average Bonchev–Trinajstić information content (AvgIpc) is 2.38. The van der Waals surface area contributed by atoms with Gasteiger partial charge in [-0.1, -0.05) is 0 Å². The molecule has 0 bridgehead atoms. The van der Waals surface area contributed by atoms with Gasteiger partial charge in [-0.25, -0.2) is 0 Å².